The molecule has 16 heteroatoms. The van der Waals surface area contributed by atoms with Crippen LogP contribution in [0.4, 0.5) is 26.3 Å². The maximum Gasteiger partial charge on any atom is 0.380 e. The van der Waals surface area contributed by atoms with Crippen LogP contribution in [-0.2, 0) is 19.7 Å². The molecular weight excluding hydrogens is 775 g/mol. The van der Waals surface area contributed by atoms with Crippen molar-refractivity contribution in [3.05, 3.63) is 128 Å². The zero-order valence-electron chi connectivity index (χ0n) is 28.4. The van der Waals surface area contributed by atoms with Crippen molar-refractivity contribution in [2.24, 2.45) is 0 Å². The van der Waals surface area contributed by atoms with Crippen LogP contribution in [0.2, 0.25) is 0 Å². The Morgan fingerprint density at radius 2 is 0.836 bits per heavy atom. The number of allylic oxidation sites excluding steroid dienone is 6. The molecule has 0 aromatic heterocycles. The quantitative estimate of drug-likeness (QED) is 0.168. The average molecular weight is 801 g/mol. The van der Waals surface area contributed by atoms with Gasteiger partial charge in [0.25, 0.3) is 0 Å². The van der Waals surface area contributed by atoms with Crippen molar-refractivity contribution < 1.29 is 63.0 Å². The van der Waals surface area contributed by atoms with Crippen LogP contribution in [0.15, 0.2) is 116 Å². The molecule has 0 bridgehead atoms. The Morgan fingerprint density at radius 1 is 0.527 bits per heavy atom. The Bertz CT molecular complexity index is 2530. The van der Waals surface area contributed by atoms with Crippen LogP contribution in [-0.4, -0.2) is 56.8 Å². The molecule has 0 saturated heterocycles. The van der Waals surface area contributed by atoms with Crippen molar-refractivity contribution in [3.8, 4) is 22.3 Å². The number of sulfone groups is 2. The molecule has 284 valence electrons. The molecular formula is C39H26F6O8S2. The van der Waals surface area contributed by atoms with Crippen molar-refractivity contribution in [2.45, 2.75) is 54.2 Å². The molecule has 0 radical (unpaired) electrons. The molecule has 0 saturated carbocycles. The third kappa shape index (κ3) is 5.17. The van der Waals surface area contributed by atoms with E-state index in [0.717, 1.165) is 24.3 Å². The molecule has 4 aromatic carbocycles. The fraction of sp³-hybridized carbons (Fsp3) is 0.179. The van der Waals surface area contributed by atoms with Crippen LogP contribution < -0.4 is 0 Å². The molecule has 55 heavy (non-hydrogen) atoms. The zero-order chi connectivity index (χ0) is 40.2. The van der Waals surface area contributed by atoms with E-state index in [1.807, 2.05) is 0 Å². The summed E-state index contributed by atoms with van der Waals surface area (Å²) in [6, 6.07) is 16.9. The van der Waals surface area contributed by atoms with Gasteiger partial charge in [-0.15, -0.1) is 0 Å². The van der Waals surface area contributed by atoms with E-state index in [4.69, 9.17) is 0 Å². The minimum Gasteiger partial charge on any atom is -0.478 e. The molecule has 0 atom stereocenters. The standard InChI is InChI=1S/C39H26F6O8S2/c1-3-27-31(25-15-13-23(17-29(25)54(27,50)51)19-5-9-21(10-6-19)35(46)47)33-34(38(42,43)39(44,45)37(33,40)41)32-26-16-14-24(18-30(26)55(52,53)28(32)4-2)20-7-11-22(12-8-20)36(48)49/h5-18H,3-4H2,1-2H3,(H,46,47)(H,48,49). The number of carboxylic acid groups (broad SMARTS) is 2. The van der Waals surface area contributed by atoms with Gasteiger partial charge in [0.1, 0.15) is 0 Å². The van der Waals surface area contributed by atoms with E-state index < -0.39 is 115 Å². The molecule has 1 aliphatic carbocycles. The van der Waals surface area contributed by atoms with Gasteiger partial charge in [0, 0.05) is 33.4 Å². The first-order valence-electron chi connectivity index (χ1n) is 16.5. The van der Waals surface area contributed by atoms with Gasteiger partial charge in [0.15, 0.2) is 0 Å². The number of hydrogen-bond donors (Lipinski definition) is 2. The van der Waals surface area contributed by atoms with Gasteiger partial charge in [-0.05, 0) is 71.5 Å². The van der Waals surface area contributed by atoms with Gasteiger partial charge in [0.05, 0.1) is 30.7 Å². The summed E-state index contributed by atoms with van der Waals surface area (Å²) in [6.07, 6.45) is -1.20. The first-order valence-corrected chi connectivity index (χ1v) is 19.4. The molecule has 0 fully saturated rings. The van der Waals surface area contributed by atoms with E-state index in [1.165, 1.54) is 74.5 Å². The van der Waals surface area contributed by atoms with Gasteiger partial charge in [-0.25, -0.2) is 26.4 Å². The van der Waals surface area contributed by atoms with Crippen LogP contribution in [0.5, 0.6) is 0 Å². The van der Waals surface area contributed by atoms with Crippen molar-refractivity contribution in [1.29, 1.82) is 0 Å². The minimum atomic E-state index is -6.15. The average Bonchev–Trinajstić information content (AvgIpc) is 3.54. The molecule has 3 aliphatic rings. The number of halogens is 6. The van der Waals surface area contributed by atoms with E-state index >= 15 is 26.3 Å². The Labute approximate surface area is 309 Å². The predicted molar refractivity (Wildman–Crippen MR) is 188 cm³/mol. The van der Waals surface area contributed by atoms with Crippen LogP contribution in [0.3, 0.4) is 0 Å². The fourth-order valence-electron chi connectivity index (χ4n) is 7.38. The molecule has 0 spiro atoms. The highest BCUT2D eigenvalue weighted by Gasteiger charge is 2.81. The molecule has 0 amide bonds. The number of aromatic carboxylic acids is 2. The summed E-state index contributed by atoms with van der Waals surface area (Å²) in [7, 11) is -9.59. The van der Waals surface area contributed by atoms with E-state index in [1.54, 1.807) is 0 Å². The summed E-state index contributed by atoms with van der Waals surface area (Å²) in [5.41, 5.74) is -6.68. The van der Waals surface area contributed by atoms with Gasteiger partial charge in [-0.1, -0.05) is 62.4 Å². The summed E-state index contributed by atoms with van der Waals surface area (Å²) in [5, 5.41) is 18.5. The lowest BCUT2D eigenvalue weighted by atomic mass is 9.86. The van der Waals surface area contributed by atoms with Crippen molar-refractivity contribution in [1.82, 2.24) is 0 Å². The van der Waals surface area contributed by atoms with Crippen LogP contribution >= 0.6 is 0 Å². The summed E-state index contributed by atoms with van der Waals surface area (Å²) < 4.78 is 153. The van der Waals surface area contributed by atoms with Gasteiger partial charge in [-0.3, -0.25) is 0 Å². The molecule has 2 N–H and O–H groups in total. The highest BCUT2D eigenvalue weighted by molar-refractivity contribution is 7.96. The van der Waals surface area contributed by atoms with Gasteiger partial charge in [-0.2, -0.15) is 26.3 Å². The van der Waals surface area contributed by atoms with Crippen molar-refractivity contribution in [3.63, 3.8) is 0 Å². The lowest BCUT2D eigenvalue weighted by Crippen LogP contribution is -2.49. The summed E-state index contributed by atoms with van der Waals surface area (Å²) in [6.45, 7) is 2.43. The fourth-order valence-corrected chi connectivity index (χ4v) is 11.1. The summed E-state index contributed by atoms with van der Waals surface area (Å²) >= 11 is 0. The zero-order valence-corrected chi connectivity index (χ0v) is 30.1. The topological polar surface area (TPSA) is 143 Å². The first-order chi connectivity index (χ1) is 25.6. The first kappa shape index (κ1) is 37.8. The largest absolute Gasteiger partial charge is 0.478 e. The minimum absolute atomic E-state index is 0.0959. The number of carbonyl (C=O) groups is 2. The normalized spacial score (nSPS) is 19.8. The SMILES string of the molecule is CCC1=C(C2=C(C3=C(CC)S(=O)(=O)c4cc(-c5ccc(C(=O)O)cc5)ccc43)C(F)(F)C(F)(F)C2(F)F)c2ccc(-c3ccc(C(=O)O)cc3)cc2S1(=O)=O. The number of fused-ring (bicyclic) bond motifs is 2. The highest BCUT2D eigenvalue weighted by atomic mass is 32.2. The molecule has 8 nitrogen and oxygen atoms in total. The molecule has 0 unspecified atom stereocenters. The number of carboxylic acids is 2. The molecule has 2 heterocycles. The summed E-state index contributed by atoms with van der Waals surface area (Å²) in [5.74, 6) is -20.1. The third-order valence-electron chi connectivity index (χ3n) is 10.0. The third-order valence-corrected chi connectivity index (χ3v) is 14.1. The number of rotatable bonds is 8. The van der Waals surface area contributed by atoms with Crippen molar-refractivity contribution >= 4 is 42.8 Å². The lowest BCUT2D eigenvalue weighted by molar-refractivity contribution is -0.263. The van der Waals surface area contributed by atoms with E-state index in [-0.39, 0.29) is 22.3 Å². The highest BCUT2D eigenvalue weighted by Crippen LogP contribution is 2.67. The maximum atomic E-state index is 16.3. The summed E-state index contributed by atoms with van der Waals surface area (Å²) in [4.78, 5) is 19.6. The Hall–Kier alpha value is -5.48. The van der Waals surface area contributed by atoms with Crippen LogP contribution in [0.1, 0.15) is 58.5 Å². The van der Waals surface area contributed by atoms with E-state index in [9.17, 15) is 36.6 Å². The molecule has 4 aromatic rings. The predicted octanol–water partition coefficient (Wildman–Crippen LogP) is 9.15. The van der Waals surface area contributed by atoms with E-state index in [0.29, 0.717) is 11.1 Å². The van der Waals surface area contributed by atoms with Crippen LogP contribution in [0.25, 0.3) is 33.4 Å². The Kier molecular flexibility index (Phi) is 8.43. The molecule has 7 rings (SSSR count). The van der Waals surface area contributed by atoms with Gasteiger partial charge < -0.3 is 10.2 Å². The second-order valence-corrected chi connectivity index (χ2v) is 16.8. The number of benzene rings is 4. The van der Waals surface area contributed by atoms with Crippen LogP contribution in [0, 0.1) is 0 Å². The Balaban J connectivity index is 1.51. The van der Waals surface area contributed by atoms with Gasteiger partial charge in [0.2, 0.25) is 19.7 Å². The maximum absolute atomic E-state index is 16.3. The Morgan fingerprint density at radius 3 is 1.13 bits per heavy atom. The second kappa shape index (κ2) is 12.3. The second-order valence-electron chi connectivity index (χ2n) is 13.0. The number of hydrogen-bond acceptors (Lipinski definition) is 6. The monoisotopic (exact) mass is 800 g/mol. The smallest absolute Gasteiger partial charge is 0.380 e. The van der Waals surface area contributed by atoms with E-state index in [2.05, 4.69) is 0 Å². The van der Waals surface area contributed by atoms with Gasteiger partial charge >= 0.3 is 29.7 Å². The number of alkyl halides is 6. The molecule has 2 aliphatic heterocycles. The van der Waals surface area contributed by atoms with Crippen molar-refractivity contribution in [2.75, 3.05) is 0 Å². The lowest BCUT2D eigenvalue weighted by Gasteiger charge is -2.26.